The van der Waals surface area contributed by atoms with Crippen LogP contribution in [0.1, 0.15) is 12.5 Å². The van der Waals surface area contributed by atoms with E-state index in [1.807, 2.05) is 24.3 Å². The molecule has 0 spiro atoms. The predicted octanol–water partition coefficient (Wildman–Crippen LogP) is 1.59. The molecule has 1 amide bonds. The number of amides is 1. The first kappa shape index (κ1) is 19.4. The minimum absolute atomic E-state index is 0.171. The number of hydrogen-bond acceptors (Lipinski definition) is 6. The van der Waals surface area contributed by atoms with Crippen LogP contribution in [-0.2, 0) is 19.6 Å². The highest BCUT2D eigenvalue weighted by atomic mass is 32.2. The fourth-order valence-corrected chi connectivity index (χ4v) is 4.57. The molecule has 1 fully saturated rings. The van der Waals surface area contributed by atoms with Crippen molar-refractivity contribution in [3.63, 3.8) is 0 Å². The van der Waals surface area contributed by atoms with Gasteiger partial charge in [-0.05, 0) is 37.3 Å². The zero-order valence-electron chi connectivity index (χ0n) is 16.0. The number of hydrogen-bond donors (Lipinski definition) is 2. The van der Waals surface area contributed by atoms with Gasteiger partial charge >= 0.3 is 0 Å². The van der Waals surface area contributed by atoms with Gasteiger partial charge in [-0.2, -0.15) is 0 Å². The Morgan fingerprint density at radius 3 is 2.72 bits per heavy atom. The van der Waals surface area contributed by atoms with Crippen LogP contribution in [0.25, 0.3) is 0 Å². The second-order valence-electron chi connectivity index (χ2n) is 6.89. The average Bonchev–Trinajstić information content (AvgIpc) is 2.99. The van der Waals surface area contributed by atoms with E-state index in [1.54, 1.807) is 25.1 Å². The smallest absolute Gasteiger partial charge is 0.263 e. The number of benzene rings is 2. The number of sulfonamides is 1. The number of ether oxygens (including phenoxy) is 1. The maximum absolute atomic E-state index is 12.6. The highest BCUT2D eigenvalue weighted by Crippen LogP contribution is 2.23. The van der Waals surface area contributed by atoms with Gasteiger partial charge in [-0.3, -0.25) is 14.5 Å². The summed E-state index contributed by atoms with van der Waals surface area (Å²) in [6.45, 7) is 4.61. The van der Waals surface area contributed by atoms with Crippen molar-refractivity contribution in [2.24, 2.45) is 4.99 Å². The van der Waals surface area contributed by atoms with Gasteiger partial charge in [0.25, 0.3) is 10.0 Å². The molecule has 2 N–H and O–H groups in total. The molecule has 8 nitrogen and oxygen atoms in total. The van der Waals surface area contributed by atoms with E-state index in [2.05, 4.69) is 19.9 Å². The SMILES string of the molecule is C[C@H](N=C1NS(=O)(=O)c2ccccc21)C(=O)Nc1cccc(N2CCOCC2)c1. The first-order valence-corrected chi connectivity index (χ1v) is 10.9. The maximum Gasteiger partial charge on any atom is 0.263 e. The van der Waals surface area contributed by atoms with Gasteiger partial charge in [0, 0.05) is 30.0 Å². The van der Waals surface area contributed by atoms with Gasteiger partial charge in [0.15, 0.2) is 0 Å². The third kappa shape index (κ3) is 4.10. The summed E-state index contributed by atoms with van der Waals surface area (Å²) in [7, 11) is -3.63. The van der Waals surface area contributed by atoms with Gasteiger partial charge < -0.3 is 15.0 Å². The highest BCUT2D eigenvalue weighted by molar-refractivity contribution is 7.90. The molecular weight excluding hydrogens is 392 g/mol. The van der Waals surface area contributed by atoms with Crippen LogP contribution in [0, 0.1) is 0 Å². The molecule has 29 heavy (non-hydrogen) atoms. The van der Waals surface area contributed by atoms with Gasteiger partial charge in [-0.25, -0.2) is 8.42 Å². The largest absolute Gasteiger partial charge is 0.378 e. The normalized spacial score (nSPS) is 20.0. The van der Waals surface area contributed by atoms with Crippen molar-refractivity contribution in [1.29, 1.82) is 0 Å². The second kappa shape index (κ2) is 7.84. The summed E-state index contributed by atoms with van der Waals surface area (Å²) in [5.41, 5.74) is 2.16. The Kier molecular flexibility index (Phi) is 5.25. The molecule has 2 aromatic rings. The van der Waals surface area contributed by atoms with Gasteiger partial charge in [0.1, 0.15) is 11.9 Å². The summed E-state index contributed by atoms with van der Waals surface area (Å²) in [4.78, 5) is 19.3. The van der Waals surface area contributed by atoms with E-state index >= 15 is 0 Å². The van der Waals surface area contributed by atoms with E-state index in [0.29, 0.717) is 24.5 Å². The molecule has 0 saturated carbocycles. The fraction of sp³-hybridized carbons (Fsp3) is 0.300. The molecule has 1 saturated heterocycles. The Labute approximate surface area is 169 Å². The highest BCUT2D eigenvalue weighted by Gasteiger charge is 2.31. The van der Waals surface area contributed by atoms with Gasteiger partial charge in [-0.1, -0.05) is 18.2 Å². The zero-order valence-corrected chi connectivity index (χ0v) is 16.8. The minimum Gasteiger partial charge on any atom is -0.378 e. The summed E-state index contributed by atoms with van der Waals surface area (Å²) in [6, 6.07) is 13.4. The molecule has 9 heteroatoms. The lowest BCUT2D eigenvalue weighted by atomic mass is 10.2. The van der Waals surface area contributed by atoms with Gasteiger partial charge in [0.2, 0.25) is 5.91 Å². The molecular formula is C20H22N4O4S. The van der Waals surface area contributed by atoms with Crippen molar-refractivity contribution in [1.82, 2.24) is 4.72 Å². The second-order valence-corrected chi connectivity index (χ2v) is 8.55. The zero-order chi connectivity index (χ0) is 20.4. The third-order valence-corrected chi connectivity index (χ3v) is 6.25. The lowest BCUT2D eigenvalue weighted by molar-refractivity contribution is -0.117. The number of amidine groups is 1. The summed E-state index contributed by atoms with van der Waals surface area (Å²) < 4.78 is 32.2. The number of morpholine rings is 1. The Balaban J connectivity index is 1.49. The van der Waals surface area contributed by atoms with Crippen molar-refractivity contribution in [3.05, 3.63) is 54.1 Å². The van der Waals surface area contributed by atoms with Crippen LogP contribution in [0.15, 0.2) is 58.4 Å². The van der Waals surface area contributed by atoms with Crippen molar-refractivity contribution in [2.75, 3.05) is 36.5 Å². The first-order chi connectivity index (χ1) is 13.9. The average molecular weight is 414 g/mol. The quantitative estimate of drug-likeness (QED) is 0.791. The van der Waals surface area contributed by atoms with E-state index in [0.717, 1.165) is 18.8 Å². The number of aliphatic imine (C=N–C) groups is 1. The molecule has 1 atom stereocenters. The summed E-state index contributed by atoms with van der Waals surface area (Å²) in [5.74, 6) is -0.134. The number of fused-ring (bicyclic) bond motifs is 1. The molecule has 0 aliphatic carbocycles. The Bertz CT molecular complexity index is 1060. The van der Waals surface area contributed by atoms with E-state index < -0.39 is 16.1 Å². The van der Waals surface area contributed by atoms with Gasteiger partial charge in [-0.15, -0.1) is 0 Å². The Hall–Kier alpha value is -2.91. The van der Waals surface area contributed by atoms with E-state index in [4.69, 9.17) is 4.74 Å². The molecule has 0 aromatic heterocycles. The van der Waals surface area contributed by atoms with E-state index in [1.165, 1.54) is 6.07 Å². The standard InChI is InChI=1S/C20H22N4O4S/c1-14(21-19-17-7-2-3-8-18(17)29(26,27)23-19)20(25)22-15-5-4-6-16(13-15)24-9-11-28-12-10-24/h2-8,13-14H,9-12H2,1H3,(H,21,23)(H,22,25)/t14-/m0/s1. The number of carbonyl (C=O) groups is 1. The summed E-state index contributed by atoms with van der Waals surface area (Å²) in [6.07, 6.45) is 0. The van der Waals surface area contributed by atoms with Crippen molar-refractivity contribution < 1.29 is 17.9 Å². The van der Waals surface area contributed by atoms with E-state index in [9.17, 15) is 13.2 Å². The molecule has 0 radical (unpaired) electrons. The fourth-order valence-electron chi connectivity index (χ4n) is 3.33. The maximum atomic E-state index is 12.6. The molecule has 2 heterocycles. The molecule has 2 aliphatic rings. The number of nitrogens with zero attached hydrogens (tertiary/aromatic N) is 2. The third-order valence-electron chi connectivity index (χ3n) is 4.85. The van der Waals surface area contributed by atoms with Crippen LogP contribution in [0.2, 0.25) is 0 Å². The molecule has 0 unspecified atom stereocenters. The van der Waals surface area contributed by atoms with Crippen LogP contribution in [0.3, 0.4) is 0 Å². The predicted molar refractivity (Wildman–Crippen MR) is 111 cm³/mol. The number of carbonyl (C=O) groups excluding carboxylic acids is 1. The Morgan fingerprint density at radius 1 is 1.17 bits per heavy atom. The molecule has 4 rings (SSSR count). The lowest BCUT2D eigenvalue weighted by Gasteiger charge is -2.29. The monoisotopic (exact) mass is 414 g/mol. The summed E-state index contributed by atoms with van der Waals surface area (Å²) >= 11 is 0. The summed E-state index contributed by atoms with van der Waals surface area (Å²) in [5, 5.41) is 2.86. The molecule has 152 valence electrons. The number of rotatable bonds is 4. The topological polar surface area (TPSA) is 100 Å². The van der Waals surface area contributed by atoms with Crippen molar-refractivity contribution >= 4 is 33.1 Å². The number of nitrogens with one attached hydrogen (secondary N) is 2. The van der Waals surface area contributed by atoms with Crippen LogP contribution >= 0.6 is 0 Å². The van der Waals surface area contributed by atoms with Crippen molar-refractivity contribution in [2.45, 2.75) is 17.9 Å². The molecule has 2 aliphatic heterocycles. The molecule has 2 aromatic carbocycles. The Morgan fingerprint density at radius 2 is 1.93 bits per heavy atom. The van der Waals surface area contributed by atoms with Crippen LogP contribution < -0.4 is 14.9 Å². The first-order valence-electron chi connectivity index (χ1n) is 9.38. The van der Waals surface area contributed by atoms with E-state index in [-0.39, 0.29) is 16.6 Å². The number of anilines is 2. The van der Waals surface area contributed by atoms with Crippen LogP contribution in [-0.4, -0.2) is 52.5 Å². The van der Waals surface area contributed by atoms with Crippen molar-refractivity contribution in [3.8, 4) is 0 Å². The van der Waals surface area contributed by atoms with Crippen LogP contribution in [0.5, 0.6) is 0 Å². The minimum atomic E-state index is -3.63. The van der Waals surface area contributed by atoms with Crippen LogP contribution in [0.4, 0.5) is 11.4 Å². The molecule has 0 bridgehead atoms. The van der Waals surface area contributed by atoms with Gasteiger partial charge in [0.05, 0.1) is 18.1 Å². The lowest BCUT2D eigenvalue weighted by Crippen LogP contribution is -2.36.